The van der Waals surface area contributed by atoms with Gasteiger partial charge >= 0.3 is 0 Å². The molecule has 0 aromatic heterocycles. The first kappa shape index (κ1) is 10.3. The monoisotopic (exact) mass is 207 g/mol. The third-order valence-electron chi connectivity index (χ3n) is 2.74. The Balaban J connectivity index is 2.30. The van der Waals surface area contributed by atoms with Crippen molar-refractivity contribution in [1.82, 2.24) is 5.32 Å². The molecule has 3 nitrogen and oxygen atoms in total. The van der Waals surface area contributed by atoms with Crippen molar-refractivity contribution in [2.45, 2.75) is 19.8 Å². The summed E-state index contributed by atoms with van der Waals surface area (Å²) >= 11 is 0. The van der Waals surface area contributed by atoms with Gasteiger partial charge in [-0.3, -0.25) is 0 Å². The first-order valence-corrected chi connectivity index (χ1v) is 5.41. The van der Waals surface area contributed by atoms with Crippen LogP contribution in [-0.4, -0.2) is 20.4 Å². The molecule has 15 heavy (non-hydrogen) atoms. The Bertz CT molecular complexity index is 350. The average molecular weight is 207 g/mol. The summed E-state index contributed by atoms with van der Waals surface area (Å²) in [6, 6.07) is 4.15. The lowest BCUT2D eigenvalue weighted by Gasteiger charge is -2.10. The van der Waals surface area contributed by atoms with E-state index in [1.54, 1.807) is 0 Å². The van der Waals surface area contributed by atoms with Crippen LogP contribution in [-0.2, 0) is 12.8 Å². The normalized spacial score (nSPS) is 13.2. The van der Waals surface area contributed by atoms with E-state index in [1.165, 1.54) is 11.1 Å². The van der Waals surface area contributed by atoms with Crippen molar-refractivity contribution in [1.29, 1.82) is 0 Å². The standard InChI is InChI=1S/C12H17NO2/c1-3-10-9(6-7-13-2)4-5-11-12(10)15-8-14-11/h4-5,13H,3,6-8H2,1-2H3. The summed E-state index contributed by atoms with van der Waals surface area (Å²) in [5.41, 5.74) is 2.65. The molecule has 0 spiro atoms. The third kappa shape index (κ3) is 1.92. The van der Waals surface area contributed by atoms with E-state index in [1.807, 2.05) is 13.1 Å². The zero-order chi connectivity index (χ0) is 10.7. The van der Waals surface area contributed by atoms with Crippen LogP contribution in [0.1, 0.15) is 18.1 Å². The lowest BCUT2D eigenvalue weighted by Crippen LogP contribution is -2.11. The summed E-state index contributed by atoms with van der Waals surface area (Å²) in [7, 11) is 1.97. The molecule has 1 aromatic carbocycles. The molecule has 0 saturated heterocycles. The molecule has 0 fully saturated rings. The minimum Gasteiger partial charge on any atom is -0.454 e. The Morgan fingerprint density at radius 1 is 1.33 bits per heavy atom. The predicted molar refractivity (Wildman–Crippen MR) is 59.6 cm³/mol. The number of likely N-dealkylation sites (N-methyl/N-ethyl adjacent to an activating group) is 1. The SMILES string of the molecule is CCc1c(CCNC)ccc2c1OCO2. The number of fused-ring (bicyclic) bond motifs is 1. The first-order valence-electron chi connectivity index (χ1n) is 5.41. The molecule has 3 heteroatoms. The minimum absolute atomic E-state index is 0.359. The fraction of sp³-hybridized carbons (Fsp3) is 0.500. The quantitative estimate of drug-likeness (QED) is 0.815. The molecular formula is C12H17NO2. The number of rotatable bonds is 4. The molecule has 82 valence electrons. The van der Waals surface area contributed by atoms with E-state index in [0.29, 0.717) is 6.79 Å². The van der Waals surface area contributed by atoms with Crippen molar-refractivity contribution in [3.8, 4) is 11.5 Å². The van der Waals surface area contributed by atoms with Gasteiger partial charge in [-0.05, 0) is 38.1 Å². The highest BCUT2D eigenvalue weighted by Gasteiger charge is 2.19. The average Bonchev–Trinajstić information content (AvgIpc) is 2.73. The van der Waals surface area contributed by atoms with E-state index >= 15 is 0 Å². The Kier molecular flexibility index (Phi) is 3.11. The van der Waals surface area contributed by atoms with Crippen molar-refractivity contribution < 1.29 is 9.47 Å². The second-order valence-electron chi connectivity index (χ2n) is 3.64. The number of hydrogen-bond acceptors (Lipinski definition) is 3. The van der Waals surface area contributed by atoms with Crippen LogP contribution in [0.25, 0.3) is 0 Å². The van der Waals surface area contributed by atoms with Gasteiger partial charge in [-0.25, -0.2) is 0 Å². The van der Waals surface area contributed by atoms with Gasteiger partial charge in [0.15, 0.2) is 11.5 Å². The van der Waals surface area contributed by atoms with Gasteiger partial charge in [0.05, 0.1) is 0 Å². The largest absolute Gasteiger partial charge is 0.454 e. The van der Waals surface area contributed by atoms with E-state index in [-0.39, 0.29) is 0 Å². The van der Waals surface area contributed by atoms with Gasteiger partial charge in [-0.1, -0.05) is 13.0 Å². The highest BCUT2D eigenvalue weighted by molar-refractivity contribution is 5.52. The first-order chi connectivity index (χ1) is 7.36. The summed E-state index contributed by atoms with van der Waals surface area (Å²) < 4.78 is 10.9. The van der Waals surface area contributed by atoms with Gasteiger partial charge < -0.3 is 14.8 Å². The van der Waals surface area contributed by atoms with E-state index in [2.05, 4.69) is 18.3 Å². The summed E-state index contributed by atoms with van der Waals surface area (Å²) in [4.78, 5) is 0. The number of ether oxygens (including phenoxy) is 2. The van der Waals surface area contributed by atoms with E-state index in [9.17, 15) is 0 Å². The van der Waals surface area contributed by atoms with Crippen molar-refractivity contribution in [3.05, 3.63) is 23.3 Å². The summed E-state index contributed by atoms with van der Waals surface area (Å²) in [6.45, 7) is 3.50. The molecule has 1 N–H and O–H groups in total. The zero-order valence-corrected chi connectivity index (χ0v) is 9.30. The van der Waals surface area contributed by atoms with Gasteiger partial charge in [-0.2, -0.15) is 0 Å². The number of nitrogens with one attached hydrogen (secondary N) is 1. The highest BCUT2D eigenvalue weighted by Crippen LogP contribution is 2.37. The fourth-order valence-electron chi connectivity index (χ4n) is 1.95. The van der Waals surface area contributed by atoms with Crippen LogP contribution in [0.15, 0.2) is 12.1 Å². The Morgan fingerprint density at radius 3 is 2.93 bits per heavy atom. The lowest BCUT2D eigenvalue weighted by atomic mass is 10.0. The highest BCUT2D eigenvalue weighted by atomic mass is 16.7. The van der Waals surface area contributed by atoms with Gasteiger partial charge in [0.25, 0.3) is 0 Å². The Hall–Kier alpha value is -1.22. The summed E-state index contributed by atoms with van der Waals surface area (Å²) in [6.07, 6.45) is 2.03. The maximum atomic E-state index is 5.50. The molecular weight excluding hydrogens is 190 g/mol. The maximum absolute atomic E-state index is 5.50. The second kappa shape index (κ2) is 4.53. The molecule has 0 atom stereocenters. The van der Waals surface area contributed by atoms with Crippen molar-refractivity contribution in [2.75, 3.05) is 20.4 Å². The molecule has 0 radical (unpaired) electrons. The molecule has 1 aliphatic heterocycles. The van der Waals surface area contributed by atoms with Crippen LogP contribution in [0.4, 0.5) is 0 Å². The smallest absolute Gasteiger partial charge is 0.231 e. The van der Waals surface area contributed by atoms with Gasteiger partial charge in [0.2, 0.25) is 6.79 Å². The van der Waals surface area contributed by atoms with Gasteiger partial charge in [0.1, 0.15) is 0 Å². The van der Waals surface area contributed by atoms with Crippen molar-refractivity contribution >= 4 is 0 Å². The van der Waals surface area contributed by atoms with E-state index < -0.39 is 0 Å². The topological polar surface area (TPSA) is 30.5 Å². The maximum Gasteiger partial charge on any atom is 0.231 e. The van der Waals surface area contributed by atoms with Gasteiger partial charge in [0, 0.05) is 5.56 Å². The summed E-state index contributed by atoms with van der Waals surface area (Å²) in [5.74, 6) is 1.84. The number of benzene rings is 1. The molecule has 1 heterocycles. The molecule has 0 bridgehead atoms. The second-order valence-corrected chi connectivity index (χ2v) is 3.64. The van der Waals surface area contributed by atoms with Crippen molar-refractivity contribution in [2.24, 2.45) is 0 Å². The fourth-order valence-corrected chi connectivity index (χ4v) is 1.95. The van der Waals surface area contributed by atoms with E-state index in [4.69, 9.17) is 9.47 Å². The third-order valence-corrected chi connectivity index (χ3v) is 2.74. The van der Waals surface area contributed by atoms with Crippen LogP contribution >= 0.6 is 0 Å². The molecule has 0 saturated carbocycles. The minimum atomic E-state index is 0.359. The predicted octanol–water partition coefficient (Wildman–Crippen LogP) is 1.74. The Morgan fingerprint density at radius 2 is 2.20 bits per heavy atom. The zero-order valence-electron chi connectivity index (χ0n) is 9.30. The van der Waals surface area contributed by atoms with Gasteiger partial charge in [-0.15, -0.1) is 0 Å². The van der Waals surface area contributed by atoms with Crippen LogP contribution in [0.2, 0.25) is 0 Å². The molecule has 1 aromatic rings. The molecule has 0 aliphatic carbocycles. The molecule has 0 unspecified atom stereocenters. The van der Waals surface area contributed by atoms with Crippen LogP contribution in [0, 0.1) is 0 Å². The van der Waals surface area contributed by atoms with Crippen LogP contribution < -0.4 is 14.8 Å². The Labute approximate surface area is 90.4 Å². The van der Waals surface area contributed by atoms with Crippen LogP contribution in [0.5, 0.6) is 11.5 Å². The lowest BCUT2D eigenvalue weighted by molar-refractivity contribution is 0.173. The van der Waals surface area contributed by atoms with Crippen molar-refractivity contribution in [3.63, 3.8) is 0 Å². The molecule has 1 aliphatic rings. The van der Waals surface area contributed by atoms with Crippen LogP contribution in [0.3, 0.4) is 0 Å². The summed E-state index contributed by atoms with van der Waals surface area (Å²) in [5, 5.41) is 3.16. The molecule has 2 rings (SSSR count). The van der Waals surface area contributed by atoms with E-state index in [0.717, 1.165) is 30.9 Å². The molecule has 0 amide bonds. The number of hydrogen-bond donors (Lipinski definition) is 1.